The van der Waals surface area contributed by atoms with Crippen LogP contribution in [0.3, 0.4) is 0 Å². The van der Waals surface area contributed by atoms with Gasteiger partial charge in [-0.1, -0.05) is 12.1 Å². The first kappa shape index (κ1) is 14.4. The summed E-state index contributed by atoms with van der Waals surface area (Å²) in [5, 5.41) is 3.21. The van der Waals surface area contributed by atoms with E-state index in [4.69, 9.17) is 0 Å². The Bertz CT molecular complexity index is 730. The number of halogens is 3. The molecule has 0 amide bonds. The molecule has 108 valence electrons. The van der Waals surface area contributed by atoms with Crippen molar-refractivity contribution in [2.45, 2.75) is 13.0 Å². The van der Waals surface area contributed by atoms with E-state index in [1.165, 1.54) is 11.6 Å². The van der Waals surface area contributed by atoms with Crippen molar-refractivity contribution in [3.63, 3.8) is 0 Å². The molecule has 0 bridgehead atoms. The van der Waals surface area contributed by atoms with Gasteiger partial charge in [-0.3, -0.25) is 4.79 Å². The third kappa shape index (κ3) is 2.63. The van der Waals surface area contributed by atoms with Crippen LogP contribution in [-0.4, -0.2) is 12.3 Å². The molecule has 0 saturated heterocycles. The highest BCUT2D eigenvalue weighted by atomic mass is 79.9. The van der Waals surface area contributed by atoms with Crippen molar-refractivity contribution in [2.75, 3.05) is 6.54 Å². The number of fused-ring (bicyclic) bond motifs is 1. The molecule has 0 aromatic heterocycles. The number of nitrogens with one attached hydrogen (secondary N) is 1. The number of hydrogen-bond acceptors (Lipinski definition) is 2. The first-order chi connectivity index (χ1) is 10.1. The molecule has 0 radical (unpaired) electrons. The largest absolute Gasteiger partial charge is 0.312 e. The lowest BCUT2D eigenvalue weighted by molar-refractivity contribution is 0.103. The molecule has 0 saturated carbocycles. The Labute approximate surface area is 129 Å². The molecular formula is C16H12BrF2NO. The summed E-state index contributed by atoms with van der Waals surface area (Å²) in [6.45, 7) is 1.56. The molecule has 5 heteroatoms. The summed E-state index contributed by atoms with van der Waals surface area (Å²) in [4.78, 5) is 12.4. The molecule has 21 heavy (non-hydrogen) atoms. The number of carbonyl (C=O) groups is 1. The highest BCUT2D eigenvalue weighted by molar-refractivity contribution is 9.10. The summed E-state index contributed by atoms with van der Waals surface area (Å²) in [5.41, 5.74) is 1.95. The molecule has 1 N–H and O–H groups in total. The van der Waals surface area contributed by atoms with Crippen molar-refractivity contribution in [3.05, 3.63) is 68.7 Å². The standard InChI is InChI=1S/C16H12BrF2NO/c17-12-3-4-13(18)14(15(12)19)16(21)10-2-1-9-5-6-20-8-11(9)7-10/h1-4,7,20H,5-6,8H2. The van der Waals surface area contributed by atoms with E-state index in [0.717, 1.165) is 24.6 Å². The number of carbonyl (C=O) groups excluding carboxylic acids is 1. The van der Waals surface area contributed by atoms with Gasteiger partial charge >= 0.3 is 0 Å². The topological polar surface area (TPSA) is 29.1 Å². The third-order valence-corrected chi connectivity index (χ3v) is 4.24. The van der Waals surface area contributed by atoms with Crippen LogP contribution in [0.15, 0.2) is 34.8 Å². The van der Waals surface area contributed by atoms with Crippen molar-refractivity contribution < 1.29 is 13.6 Å². The van der Waals surface area contributed by atoms with Gasteiger partial charge in [0, 0.05) is 12.1 Å². The lowest BCUT2D eigenvalue weighted by Crippen LogP contribution is -2.24. The zero-order valence-corrected chi connectivity index (χ0v) is 12.6. The summed E-state index contributed by atoms with van der Waals surface area (Å²) in [6.07, 6.45) is 0.892. The molecular weight excluding hydrogens is 340 g/mol. The summed E-state index contributed by atoms with van der Waals surface area (Å²) in [6, 6.07) is 7.53. The average Bonchev–Trinajstić information content (AvgIpc) is 2.51. The highest BCUT2D eigenvalue weighted by Gasteiger charge is 2.22. The van der Waals surface area contributed by atoms with Gasteiger partial charge in [-0.25, -0.2) is 8.78 Å². The monoisotopic (exact) mass is 351 g/mol. The van der Waals surface area contributed by atoms with Crippen molar-refractivity contribution in [2.24, 2.45) is 0 Å². The lowest BCUT2D eigenvalue weighted by atomic mass is 9.95. The van der Waals surface area contributed by atoms with Crippen LogP contribution >= 0.6 is 15.9 Å². The smallest absolute Gasteiger partial charge is 0.198 e. The molecule has 1 aliphatic rings. The van der Waals surface area contributed by atoms with E-state index in [9.17, 15) is 13.6 Å². The van der Waals surface area contributed by atoms with E-state index in [2.05, 4.69) is 21.2 Å². The van der Waals surface area contributed by atoms with Gasteiger partial charge in [-0.2, -0.15) is 0 Å². The van der Waals surface area contributed by atoms with Crippen LogP contribution in [0.1, 0.15) is 27.0 Å². The van der Waals surface area contributed by atoms with Crippen molar-refractivity contribution in [3.8, 4) is 0 Å². The minimum absolute atomic E-state index is 0.0758. The fraction of sp³-hybridized carbons (Fsp3) is 0.188. The van der Waals surface area contributed by atoms with E-state index in [1.54, 1.807) is 12.1 Å². The van der Waals surface area contributed by atoms with Gasteiger partial charge in [0.05, 0.1) is 10.0 Å². The zero-order valence-electron chi connectivity index (χ0n) is 11.1. The SMILES string of the molecule is O=C(c1ccc2c(c1)CNCC2)c1c(F)ccc(Br)c1F. The molecule has 0 fully saturated rings. The van der Waals surface area contributed by atoms with Gasteiger partial charge in [0.2, 0.25) is 0 Å². The predicted molar refractivity (Wildman–Crippen MR) is 79.3 cm³/mol. The van der Waals surface area contributed by atoms with E-state index >= 15 is 0 Å². The maximum absolute atomic E-state index is 14.0. The molecule has 0 aliphatic carbocycles. The molecule has 3 rings (SSSR count). The first-order valence-electron chi connectivity index (χ1n) is 6.58. The van der Waals surface area contributed by atoms with Gasteiger partial charge < -0.3 is 5.32 Å². The van der Waals surface area contributed by atoms with Crippen molar-refractivity contribution >= 4 is 21.7 Å². The first-order valence-corrected chi connectivity index (χ1v) is 7.38. The highest BCUT2D eigenvalue weighted by Crippen LogP contribution is 2.25. The number of ketones is 1. The van der Waals surface area contributed by atoms with Crippen LogP contribution in [0, 0.1) is 11.6 Å². The van der Waals surface area contributed by atoms with Gasteiger partial charge in [0.1, 0.15) is 5.82 Å². The lowest BCUT2D eigenvalue weighted by Gasteiger charge is -2.17. The van der Waals surface area contributed by atoms with Crippen LogP contribution < -0.4 is 5.32 Å². The van der Waals surface area contributed by atoms with E-state index < -0.39 is 23.0 Å². The van der Waals surface area contributed by atoms with Crippen LogP contribution in [0.2, 0.25) is 0 Å². The predicted octanol–water partition coefficient (Wildman–Crippen LogP) is 3.60. The second-order valence-corrected chi connectivity index (χ2v) is 5.81. The van der Waals surface area contributed by atoms with Crippen molar-refractivity contribution in [1.82, 2.24) is 5.32 Å². The third-order valence-electron chi connectivity index (χ3n) is 3.63. The van der Waals surface area contributed by atoms with E-state index in [1.807, 2.05) is 6.07 Å². The average molecular weight is 352 g/mol. The minimum Gasteiger partial charge on any atom is -0.312 e. The van der Waals surface area contributed by atoms with Gasteiger partial charge in [0.15, 0.2) is 11.6 Å². The number of rotatable bonds is 2. The van der Waals surface area contributed by atoms with E-state index in [0.29, 0.717) is 12.1 Å². The number of hydrogen-bond donors (Lipinski definition) is 1. The summed E-state index contributed by atoms with van der Waals surface area (Å²) >= 11 is 2.98. The second-order valence-electron chi connectivity index (χ2n) is 4.96. The van der Waals surface area contributed by atoms with Crippen LogP contribution in [-0.2, 0) is 13.0 Å². The van der Waals surface area contributed by atoms with Gasteiger partial charge in [-0.15, -0.1) is 0 Å². The van der Waals surface area contributed by atoms with Crippen LogP contribution in [0.25, 0.3) is 0 Å². The Morgan fingerprint density at radius 2 is 1.95 bits per heavy atom. The minimum atomic E-state index is -0.865. The Balaban J connectivity index is 2.05. The molecule has 0 atom stereocenters. The Morgan fingerprint density at radius 1 is 1.14 bits per heavy atom. The molecule has 1 aliphatic heterocycles. The molecule has 2 aromatic rings. The fourth-order valence-electron chi connectivity index (χ4n) is 2.50. The maximum atomic E-state index is 14.0. The van der Waals surface area contributed by atoms with Crippen LogP contribution in [0.5, 0.6) is 0 Å². The Hall–Kier alpha value is -1.59. The quantitative estimate of drug-likeness (QED) is 0.661. The van der Waals surface area contributed by atoms with Crippen LogP contribution in [0.4, 0.5) is 8.78 Å². The molecule has 2 aromatic carbocycles. The molecule has 0 unspecified atom stereocenters. The molecule has 0 spiro atoms. The van der Waals surface area contributed by atoms with Crippen molar-refractivity contribution in [1.29, 1.82) is 0 Å². The Morgan fingerprint density at radius 3 is 2.76 bits per heavy atom. The zero-order chi connectivity index (χ0) is 15.0. The van der Waals surface area contributed by atoms with Gasteiger partial charge in [-0.05, 0) is 58.2 Å². The molecule has 1 heterocycles. The normalized spacial score (nSPS) is 13.9. The van der Waals surface area contributed by atoms with E-state index in [-0.39, 0.29) is 4.47 Å². The summed E-state index contributed by atoms with van der Waals surface area (Å²) in [7, 11) is 0. The summed E-state index contributed by atoms with van der Waals surface area (Å²) < 4.78 is 27.9. The fourth-order valence-corrected chi connectivity index (χ4v) is 2.83. The second kappa shape index (κ2) is 5.66. The Kier molecular flexibility index (Phi) is 3.87. The summed E-state index contributed by atoms with van der Waals surface area (Å²) in [5.74, 6) is -2.35. The molecule has 2 nitrogen and oxygen atoms in total. The van der Waals surface area contributed by atoms with Gasteiger partial charge in [0.25, 0.3) is 0 Å². The number of benzene rings is 2. The maximum Gasteiger partial charge on any atom is 0.198 e.